The van der Waals surface area contributed by atoms with Gasteiger partial charge in [0.1, 0.15) is 17.9 Å². The highest BCUT2D eigenvalue weighted by molar-refractivity contribution is 9.10. The van der Waals surface area contributed by atoms with Crippen molar-refractivity contribution in [1.29, 1.82) is 0 Å². The Kier molecular flexibility index (Phi) is 4.79. The predicted molar refractivity (Wildman–Crippen MR) is 81.3 cm³/mol. The Morgan fingerprint density at radius 2 is 1.80 bits per heavy atom. The number of ether oxygens (including phenoxy) is 1. The Bertz CT molecular complexity index is 606. The summed E-state index contributed by atoms with van der Waals surface area (Å²) < 4.78 is 6.33. The molecular formula is C16H15BrO3. The molecule has 0 radical (unpaired) electrons. The molecule has 0 saturated heterocycles. The molecule has 0 amide bonds. The predicted octanol–water partition coefficient (Wildman–Crippen LogP) is 4.29. The lowest BCUT2D eigenvalue weighted by atomic mass is 10.1. The summed E-state index contributed by atoms with van der Waals surface area (Å²) in [5.74, 6) is -0.622. The van der Waals surface area contributed by atoms with Crippen molar-refractivity contribution in [3.8, 4) is 5.75 Å². The molecular weight excluding hydrogens is 320 g/mol. The second-order valence-electron chi connectivity index (χ2n) is 4.40. The topological polar surface area (TPSA) is 46.5 Å². The molecule has 4 heteroatoms. The fourth-order valence-corrected chi connectivity index (χ4v) is 2.19. The van der Waals surface area contributed by atoms with Gasteiger partial charge in [-0.1, -0.05) is 47.1 Å². The molecule has 0 atom stereocenters. The third-order valence-corrected chi connectivity index (χ3v) is 3.49. The summed E-state index contributed by atoms with van der Waals surface area (Å²) in [5, 5.41) is 9.15. The first kappa shape index (κ1) is 14.6. The van der Waals surface area contributed by atoms with Crippen LogP contribution in [0.5, 0.6) is 5.75 Å². The summed E-state index contributed by atoms with van der Waals surface area (Å²) >= 11 is 3.26. The standard InChI is InChI=1S/C16H15BrO3/c1-2-11-3-5-12(6-4-11)10-20-15-8-7-13(17)9-14(15)16(18)19/h3-9H,2,10H2,1H3,(H,18,19). The van der Waals surface area contributed by atoms with Crippen LogP contribution in [-0.2, 0) is 13.0 Å². The zero-order valence-corrected chi connectivity index (χ0v) is 12.7. The molecule has 2 aromatic rings. The quantitative estimate of drug-likeness (QED) is 0.887. The number of halogens is 1. The van der Waals surface area contributed by atoms with Crippen LogP contribution in [0.15, 0.2) is 46.9 Å². The Morgan fingerprint density at radius 3 is 2.40 bits per heavy atom. The number of aromatic carboxylic acids is 1. The average Bonchev–Trinajstić information content (AvgIpc) is 2.46. The van der Waals surface area contributed by atoms with Gasteiger partial charge < -0.3 is 9.84 Å². The van der Waals surface area contributed by atoms with E-state index in [1.165, 1.54) is 11.6 Å². The number of carboxylic acid groups (broad SMARTS) is 1. The molecule has 1 N–H and O–H groups in total. The number of carbonyl (C=O) groups is 1. The lowest BCUT2D eigenvalue weighted by molar-refractivity contribution is 0.0691. The highest BCUT2D eigenvalue weighted by Gasteiger charge is 2.11. The van der Waals surface area contributed by atoms with Crippen LogP contribution in [0.25, 0.3) is 0 Å². The maximum Gasteiger partial charge on any atom is 0.339 e. The second kappa shape index (κ2) is 6.57. The van der Waals surface area contributed by atoms with Crippen LogP contribution in [0.4, 0.5) is 0 Å². The van der Waals surface area contributed by atoms with Gasteiger partial charge in [-0.3, -0.25) is 0 Å². The number of carboxylic acids is 1. The van der Waals surface area contributed by atoms with Gasteiger partial charge in [0.25, 0.3) is 0 Å². The third-order valence-electron chi connectivity index (χ3n) is 3.00. The van der Waals surface area contributed by atoms with Gasteiger partial charge in [-0.25, -0.2) is 4.79 Å². The molecule has 3 nitrogen and oxygen atoms in total. The van der Waals surface area contributed by atoms with E-state index in [0.717, 1.165) is 16.5 Å². The molecule has 0 saturated carbocycles. The Morgan fingerprint density at radius 1 is 1.15 bits per heavy atom. The average molecular weight is 335 g/mol. The summed E-state index contributed by atoms with van der Waals surface area (Å²) in [7, 11) is 0. The highest BCUT2D eigenvalue weighted by Crippen LogP contribution is 2.24. The van der Waals surface area contributed by atoms with Crippen LogP contribution < -0.4 is 4.74 Å². The molecule has 0 aliphatic carbocycles. The zero-order chi connectivity index (χ0) is 14.5. The fourth-order valence-electron chi connectivity index (χ4n) is 1.83. The maximum absolute atomic E-state index is 11.2. The molecule has 2 aromatic carbocycles. The molecule has 0 fully saturated rings. The van der Waals surface area contributed by atoms with Gasteiger partial charge in [0, 0.05) is 4.47 Å². The zero-order valence-electron chi connectivity index (χ0n) is 11.1. The van der Waals surface area contributed by atoms with Crippen molar-refractivity contribution in [2.45, 2.75) is 20.0 Å². The van der Waals surface area contributed by atoms with Crippen molar-refractivity contribution in [3.63, 3.8) is 0 Å². The van der Waals surface area contributed by atoms with Crippen molar-refractivity contribution in [2.24, 2.45) is 0 Å². The molecule has 0 aliphatic rings. The van der Waals surface area contributed by atoms with E-state index in [2.05, 4.69) is 35.0 Å². The summed E-state index contributed by atoms with van der Waals surface area (Å²) in [4.78, 5) is 11.2. The second-order valence-corrected chi connectivity index (χ2v) is 5.32. The number of hydrogen-bond donors (Lipinski definition) is 1. The molecule has 0 spiro atoms. The lowest BCUT2D eigenvalue weighted by Gasteiger charge is -2.10. The summed E-state index contributed by atoms with van der Waals surface area (Å²) in [6.07, 6.45) is 0.997. The molecule has 0 heterocycles. The van der Waals surface area contributed by atoms with Gasteiger partial charge in [0.2, 0.25) is 0 Å². The summed E-state index contributed by atoms with van der Waals surface area (Å²) in [6, 6.07) is 13.1. The maximum atomic E-state index is 11.2. The van der Waals surface area contributed by atoms with Gasteiger partial charge in [-0.05, 0) is 35.7 Å². The number of aryl methyl sites for hydroxylation is 1. The van der Waals surface area contributed by atoms with E-state index < -0.39 is 5.97 Å². The van der Waals surface area contributed by atoms with Crippen molar-refractivity contribution >= 4 is 21.9 Å². The number of hydrogen-bond acceptors (Lipinski definition) is 2. The molecule has 0 aliphatic heterocycles. The lowest BCUT2D eigenvalue weighted by Crippen LogP contribution is -2.03. The van der Waals surface area contributed by atoms with Crippen LogP contribution in [0, 0.1) is 0 Å². The van der Waals surface area contributed by atoms with E-state index in [-0.39, 0.29) is 5.56 Å². The van der Waals surface area contributed by atoms with E-state index in [4.69, 9.17) is 9.84 Å². The van der Waals surface area contributed by atoms with Crippen molar-refractivity contribution in [1.82, 2.24) is 0 Å². The molecule has 0 aromatic heterocycles. The van der Waals surface area contributed by atoms with Crippen LogP contribution in [-0.4, -0.2) is 11.1 Å². The van der Waals surface area contributed by atoms with E-state index in [0.29, 0.717) is 12.4 Å². The SMILES string of the molecule is CCc1ccc(COc2ccc(Br)cc2C(=O)O)cc1. The molecule has 20 heavy (non-hydrogen) atoms. The molecule has 104 valence electrons. The minimum atomic E-state index is -0.998. The monoisotopic (exact) mass is 334 g/mol. The Labute approximate surface area is 126 Å². The molecule has 0 unspecified atom stereocenters. The van der Waals surface area contributed by atoms with Crippen LogP contribution in [0.1, 0.15) is 28.4 Å². The van der Waals surface area contributed by atoms with Crippen molar-refractivity contribution in [2.75, 3.05) is 0 Å². The Hall–Kier alpha value is -1.81. The number of benzene rings is 2. The Balaban J connectivity index is 2.12. The largest absolute Gasteiger partial charge is 0.488 e. The first-order valence-corrected chi connectivity index (χ1v) is 7.13. The summed E-state index contributed by atoms with van der Waals surface area (Å²) in [5.41, 5.74) is 2.44. The fraction of sp³-hybridized carbons (Fsp3) is 0.188. The highest BCUT2D eigenvalue weighted by atomic mass is 79.9. The van der Waals surface area contributed by atoms with Crippen LogP contribution >= 0.6 is 15.9 Å². The van der Waals surface area contributed by atoms with Gasteiger partial charge in [0.15, 0.2) is 0 Å². The van der Waals surface area contributed by atoms with Gasteiger partial charge in [-0.2, -0.15) is 0 Å². The first-order chi connectivity index (χ1) is 9.60. The van der Waals surface area contributed by atoms with Crippen LogP contribution in [0.3, 0.4) is 0 Å². The van der Waals surface area contributed by atoms with Gasteiger partial charge >= 0.3 is 5.97 Å². The smallest absolute Gasteiger partial charge is 0.339 e. The first-order valence-electron chi connectivity index (χ1n) is 6.33. The third kappa shape index (κ3) is 3.61. The summed E-state index contributed by atoms with van der Waals surface area (Å²) in [6.45, 7) is 2.46. The normalized spacial score (nSPS) is 10.3. The molecule has 0 bridgehead atoms. The minimum absolute atomic E-state index is 0.157. The van der Waals surface area contributed by atoms with Crippen molar-refractivity contribution in [3.05, 3.63) is 63.6 Å². The van der Waals surface area contributed by atoms with Crippen LogP contribution in [0.2, 0.25) is 0 Å². The van der Waals surface area contributed by atoms with E-state index >= 15 is 0 Å². The number of rotatable bonds is 5. The minimum Gasteiger partial charge on any atom is -0.488 e. The molecule has 2 rings (SSSR count). The van der Waals surface area contributed by atoms with E-state index in [9.17, 15) is 4.79 Å². The van der Waals surface area contributed by atoms with Gasteiger partial charge in [-0.15, -0.1) is 0 Å². The van der Waals surface area contributed by atoms with Crippen molar-refractivity contribution < 1.29 is 14.6 Å². The van der Waals surface area contributed by atoms with E-state index in [1.807, 2.05) is 12.1 Å². The van der Waals surface area contributed by atoms with E-state index in [1.54, 1.807) is 12.1 Å². The van der Waals surface area contributed by atoms with Gasteiger partial charge in [0.05, 0.1) is 0 Å².